The Labute approximate surface area is 82.8 Å². The van der Waals surface area contributed by atoms with Crippen LogP contribution < -0.4 is 0 Å². The van der Waals surface area contributed by atoms with E-state index in [-0.39, 0.29) is 0 Å². The molecule has 0 aliphatic heterocycles. The minimum Gasteiger partial charge on any atom is -0.481 e. The van der Waals surface area contributed by atoms with Crippen LogP contribution >= 0.6 is 0 Å². The minimum absolute atomic E-state index is 0.556. The molecule has 0 unspecified atom stereocenters. The number of carbonyl (C=O) groups is 2. The summed E-state index contributed by atoms with van der Waals surface area (Å²) in [5.41, 5.74) is -1.20. The monoisotopic (exact) mass is 216 g/mol. The van der Waals surface area contributed by atoms with Crippen molar-refractivity contribution in [2.75, 3.05) is 0 Å². The fraction of sp³-hybridized carbons (Fsp3) is 0.111. The SMILES string of the molecule is O=C(O)Cc1c(F)cc(C(=O)O)cc1F. The highest BCUT2D eigenvalue weighted by Crippen LogP contribution is 2.16. The van der Waals surface area contributed by atoms with E-state index in [0.29, 0.717) is 12.1 Å². The highest BCUT2D eigenvalue weighted by Gasteiger charge is 2.16. The largest absolute Gasteiger partial charge is 0.481 e. The lowest BCUT2D eigenvalue weighted by Gasteiger charge is -2.03. The number of hydrogen-bond donors (Lipinski definition) is 2. The average molecular weight is 216 g/mol. The molecule has 0 saturated carbocycles. The Morgan fingerprint density at radius 3 is 1.93 bits per heavy atom. The zero-order valence-corrected chi connectivity index (χ0v) is 7.33. The Bertz CT molecular complexity index is 405. The van der Waals surface area contributed by atoms with Crippen molar-refractivity contribution in [1.82, 2.24) is 0 Å². The predicted octanol–water partition coefficient (Wildman–Crippen LogP) is 1.29. The second kappa shape index (κ2) is 4.04. The van der Waals surface area contributed by atoms with Gasteiger partial charge in [-0.15, -0.1) is 0 Å². The van der Waals surface area contributed by atoms with Crippen LogP contribution in [0.3, 0.4) is 0 Å². The number of carboxylic acids is 2. The second-order valence-electron chi connectivity index (χ2n) is 2.79. The standard InChI is InChI=1S/C9H6F2O4/c10-6-1-4(9(14)15)2-7(11)5(6)3-8(12)13/h1-2H,3H2,(H,12,13)(H,14,15). The van der Waals surface area contributed by atoms with Gasteiger partial charge in [0.15, 0.2) is 0 Å². The van der Waals surface area contributed by atoms with Gasteiger partial charge >= 0.3 is 11.9 Å². The lowest BCUT2D eigenvalue weighted by molar-refractivity contribution is -0.136. The third-order valence-corrected chi connectivity index (χ3v) is 1.72. The van der Waals surface area contributed by atoms with Gasteiger partial charge in [0.05, 0.1) is 12.0 Å². The Hall–Kier alpha value is -1.98. The van der Waals surface area contributed by atoms with Crippen molar-refractivity contribution in [1.29, 1.82) is 0 Å². The minimum atomic E-state index is -1.48. The van der Waals surface area contributed by atoms with Gasteiger partial charge in [0.25, 0.3) is 0 Å². The number of aliphatic carboxylic acids is 1. The molecule has 80 valence electrons. The molecule has 0 atom stereocenters. The van der Waals surface area contributed by atoms with Crippen molar-refractivity contribution in [3.05, 3.63) is 34.9 Å². The highest BCUT2D eigenvalue weighted by molar-refractivity contribution is 5.87. The highest BCUT2D eigenvalue weighted by atomic mass is 19.1. The molecule has 15 heavy (non-hydrogen) atoms. The number of rotatable bonds is 3. The van der Waals surface area contributed by atoms with Crippen LogP contribution in [0.15, 0.2) is 12.1 Å². The molecule has 0 amide bonds. The van der Waals surface area contributed by atoms with Crippen molar-refractivity contribution in [2.24, 2.45) is 0 Å². The Kier molecular flexibility index (Phi) is 2.99. The van der Waals surface area contributed by atoms with Gasteiger partial charge in [-0.1, -0.05) is 0 Å². The van der Waals surface area contributed by atoms with Crippen molar-refractivity contribution >= 4 is 11.9 Å². The molecule has 0 saturated heterocycles. The Morgan fingerprint density at radius 1 is 1.13 bits per heavy atom. The maximum Gasteiger partial charge on any atom is 0.335 e. The second-order valence-corrected chi connectivity index (χ2v) is 2.79. The van der Waals surface area contributed by atoms with Gasteiger partial charge in [0.2, 0.25) is 0 Å². The summed E-state index contributed by atoms with van der Waals surface area (Å²) in [4.78, 5) is 20.6. The summed E-state index contributed by atoms with van der Waals surface area (Å²) in [6, 6.07) is 1.17. The first-order valence-electron chi connectivity index (χ1n) is 3.85. The van der Waals surface area contributed by atoms with Gasteiger partial charge in [0, 0.05) is 5.56 Å². The van der Waals surface area contributed by atoms with Gasteiger partial charge < -0.3 is 10.2 Å². The van der Waals surface area contributed by atoms with E-state index in [0.717, 1.165) is 0 Å². The summed E-state index contributed by atoms with van der Waals surface area (Å²) in [6.45, 7) is 0. The molecule has 0 heterocycles. The van der Waals surface area contributed by atoms with E-state index >= 15 is 0 Å². The molecule has 1 aromatic rings. The van der Waals surface area contributed by atoms with E-state index < -0.39 is 41.1 Å². The van der Waals surface area contributed by atoms with Gasteiger partial charge in [-0.05, 0) is 12.1 Å². The molecule has 0 bridgehead atoms. The maximum atomic E-state index is 13.1. The number of hydrogen-bond acceptors (Lipinski definition) is 2. The molecule has 6 heteroatoms. The zero-order chi connectivity index (χ0) is 11.6. The quantitative estimate of drug-likeness (QED) is 0.798. The van der Waals surface area contributed by atoms with Crippen LogP contribution in [-0.4, -0.2) is 22.2 Å². The first-order chi connectivity index (χ1) is 6.91. The van der Waals surface area contributed by atoms with Crippen LogP contribution in [-0.2, 0) is 11.2 Å². The molecule has 0 spiro atoms. The summed E-state index contributed by atoms with van der Waals surface area (Å²) in [7, 11) is 0. The average Bonchev–Trinajstić information content (AvgIpc) is 2.10. The van der Waals surface area contributed by atoms with Crippen LogP contribution in [0.4, 0.5) is 8.78 Å². The molecule has 1 rings (SSSR count). The van der Waals surface area contributed by atoms with Gasteiger partial charge in [-0.3, -0.25) is 4.79 Å². The topological polar surface area (TPSA) is 74.6 Å². The molecule has 1 aromatic carbocycles. The molecule has 0 aliphatic rings. The van der Waals surface area contributed by atoms with E-state index in [1.165, 1.54) is 0 Å². The lowest BCUT2D eigenvalue weighted by Crippen LogP contribution is -2.08. The molecule has 0 radical (unpaired) electrons. The number of aromatic carboxylic acids is 1. The van der Waals surface area contributed by atoms with E-state index in [1.54, 1.807) is 0 Å². The molecule has 0 fully saturated rings. The van der Waals surface area contributed by atoms with E-state index in [2.05, 4.69) is 0 Å². The molecular formula is C9H6F2O4. The third-order valence-electron chi connectivity index (χ3n) is 1.72. The van der Waals surface area contributed by atoms with Crippen LogP contribution in [0.1, 0.15) is 15.9 Å². The summed E-state index contributed by atoms with van der Waals surface area (Å²) in [5.74, 6) is -5.21. The van der Waals surface area contributed by atoms with E-state index in [1.807, 2.05) is 0 Å². The van der Waals surface area contributed by atoms with Crippen LogP contribution in [0.25, 0.3) is 0 Å². The first kappa shape index (κ1) is 11.1. The fourth-order valence-corrected chi connectivity index (χ4v) is 1.05. The Morgan fingerprint density at radius 2 is 1.60 bits per heavy atom. The number of benzene rings is 1. The number of carboxylic acid groups (broad SMARTS) is 2. The van der Waals surface area contributed by atoms with E-state index in [9.17, 15) is 18.4 Å². The van der Waals surface area contributed by atoms with Gasteiger partial charge in [-0.25, -0.2) is 13.6 Å². The van der Waals surface area contributed by atoms with Crippen molar-refractivity contribution in [3.8, 4) is 0 Å². The predicted molar refractivity (Wildman–Crippen MR) is 44.7 cm³/mol. The molecular weight excluding hydrogens is 210 g/mol. The Balaban J connectivity index is 3.21. The lowest BCUT2D eigenvalue weighted by atomic mass is 10.1. The number of halogens is 2. The van der Waals surface area contributed by atoms with Crippen molar-refractivity contribution in [3.63, 3.8) is 0 Å². The van der Waals surface area contributed by atoms with Crippen molar-refractivity contribution < 1.29 is 28.6 Å². The van der Waals surface area contributed by atoms with Crippen LogP contribution in [0, 0.1) is 11.6 Å². The summed E-state index contributed by atoms with van der Waals surface area (Å²) >= 11 is 0. The summed E-state index contributed by atoms with van der Waals surface area (Å²) < 4.78 is 26.1. The van der Waals surface area contributed by atoms with Crippen LogP contribution in [0.5, 0.6) is 0 Å². The van der Waals surface area contributed by atoms with E-state index in [4.69, 9.17) is 10.2 Å². The van der Waals surface area contributed by atoms with Gasteiger partial charge in [0.1, 0.15) is 11.6 Å². The molecule has 0 aromatic heterocycles. The first-order valence-corrected chi connectivity index (χ1v) is 3.85. The maximum absolute atomic E-state index is 13.1. The molecule has 2 N–H and O–H groups in total. The third kappa shape index (κ3) is 2.49. The summed E-state index contributed by atoms with van der Waals surface area (Å²) in [6.07, 6.45) is -0.822. The van der Waals surface area contributed by atoms with Crippen LogP contribution in [0.2, 0.25) is 0 Å². The molecule has 0 aliphatic carbocycles. The van der Waals surface area contributed by atoms with Gasteiger partial charge in [-0.2, -0.15) is 0 Å². The smallest absolute Gasteiger partial charge is 0.335 e. The normalized spacial score (nSPS) is 10.0. The fourth-order valence-electron chi connectivity index (χ4n) is 1.05. The zero-order valence-electron chi connectivity index (χ0n) is 7.33. The molecule has 4 nitrogen and oxygen atoms in total. The van der Waals surface area contributed by atoms with Crippen molar-refractivity contribution in [2.45, 2.75) is 6.42 Å². The summed E-state index contributed by atoms with van der Waals surface area (Å²) in [5, 5.41) is 16.8.